The standard InChI is InChI=1S/C19H23FN2O2/c1-3-24-18(23)13-19(2)7-10-22(11-8-19)17-6-9-21-16-5-4-14(20)12-15(16)17/h4-6,9,12H,3,7-8,10-11,13H2,1-2H3. The van der Waals surface area contributed by atoms with Gasteiger partial charge >= 0.3 is 5.97 Å². The van der Waals surface area contributed by atoms with E-state index in [1.807, 2.05) is 13.0 Å². The van der Waals surface area contributed by atoms with E-state index in [1.54, 1.807) is 18.3 Å². The molecule has 0 atom stereocenters. The molecule has 1 aliphatic rings. The van der Waals surface area contributed by atoms with Crippen molar-refractivity contribution in [3.63, 3.8) is 0 Å². The Labute approximate surface area is 141 Å². The first kappa shape index (κ1) is 16.7. The SMILES string of the molecule is CCOC(=O)CC1(C)CCN(c2ccnc3ccc(F)cc23)CC1. The first-order valence-corrected chi connectivity index (χ1v) is 8.46. The molecule has 5 heteroatoms. The van der Waals surface area contributed by atoms with Crippen LogP contribution >= 0.6 is 0 Å². The lowest BCUT2D eigenvalue weighted by atomic mass is 9.77. The van der Waals surface area contributed by atoms with Gasteiger partial charge < -0.3 is 9.64 Å². The summed E-state index contributed by atoms with van der Waals surface area (Å²) in [7, 11) is 0. The summed E-state index contributed by atoms with van der Waals surface area (Å²) in [5, 5.41) is 0.839. The summed E-state index contributed by atoms with van der Waals surface area (Å²) in [6, 6.07) is 6.63. The van der Waals surface area contributed by atoms with E-state index in [0.29, 0.717) is 13.0 Å². The number of halogens is 1. The smallest absolute Gasteiger partial charge is 0.306 e. The van der Waals surface area contributed by atoms with Crippen LogP contribution in [0.15, 0.2) is 30.5 Å². The van der Waals surface area contributed by atoms with E-state index in [4.69, 9.17) is 4.74 Å². The fourth-order valence-corrected chi connectivity index (χ4v) is 3.40. The molecule has 0 unspecified atom stereocenters. The van der Waals surface area contributed by atoms with E-state index < -0.39 is 0 Å². The fraction of sp³-hybridized carbons (Fsp3) is 0.474. The molecular formula is C19H23FN2O2. The zero-order valence-electron chi connectivity index (χ0n) is 14.2. The number of carbonyl (C=O) groups is 1. The van der Waals surface area contributed by atoms with Gasteiger partial charge in [0.2, 0.25) is 0 Å². The number of rotatable bonds is 4. The molecule has 0 radical (unpaired) electrons. The summed E-state index contributed by atoms with van der Waals surface area (Å²) < 4.78 is 18.7. The van der Waals surface area contributed by atoms with Crippen molar-refractivity contribution in [2.24, 2.45) is 5.41 Å². The van der Waals surface area contributed by atoms with Crippen LogP contribution in [-0.4, -0.2) is 30.6 Å². The predicted molar refractivity (Wildman–Crippen MR) is 92.5 cm³/mol. The molecule has 2 heterocycles. The second kappa shape index (κ2) is 6.75. The van der Waals surface area contributed by atoms with E-state index in [1.165, 1.54) is 6.07 Å². The maximum atomic E-state index is 13.6. The van der Waals surface area contributed by atoms with Crippen LogP contribution in [0.2, 0.25) is 0 Å². The normalized spacial score (nSPS) is 17.0. The van der Waals surface area contributed by atoms with Gasteiger partial charge in [0, 0.05) is 30.4 Å². The number of aromatic nitrogens is 1. The van der Waals surface area contributed by atoms with Crippen molar-refractivity contribution in [1.82, 2.24) is 4.98 Å². The lowest BCUT2D eigenvalue weighted by Gasteiger charge is -2.40. The Kier molecular flexibility index (Phi) is 4.69. The van der Waals surface area contributed by atoms with Gasteiger partial charge in [0.15, 0.2) is 0 Å². The number of piperidine rings is 1. The Morgan fingerprint density at radius 3 is 2.79 bits per heavy atom. The van der Waals surface area contributed by atoms with Crippen LogP contribution in [0.3, 0.4) is 0 Å². The number of anilines is 1. The minimum absolute atomic E-state index is 0.0309. The Bertz CT molecular complexity index is 739. The van der Waals surface area contributed by atoms with Gasteiger partial charge in [0.1, 0.15) is 5.82 Å². The first-order valence-electron chi connectivity index (χ1n) is 8.46. The maximum absolute atomic E-state index is 13.6. The van der Waals surface area contributed by atoms with Gasteiger partial charge in [-0.15, -0.1) is 0 Å². The van der Waals surface area contributed by atoms with E-state index in [0.717, 1.165) is 42.5 Å². The van der Waals surface area contributed by atoms with E-state index in [9.17, 15) is 9.18 Å². The third kappa shape index (κ3) is 3.50. The largest absolute Gasteiger partial charge is 0.466 e. The molecule has 1 aromatic heterocycles. The number of ether oxygens (including phenoxy) is 1. The summed E-state index contributed by atoms with van der Waals surface area (Å²) in [6.07, 6.45) is 4.04. The van der Waals surface area contributed by atoms with E-state index in [2.05, 4.69) is 16.8 Å². The number of nitrogens with zero attached hydrogens (tertiary/aromatic N) is 2. The molecule has 3 rings (SSSR count). The summed E-state index contributed by atoms with van der Waals surface area (Å²) in [5.74, 6) is -0.370. The average molecular weight is 330 g/mol. The summed E-state index contributed by atoms with van der Waals surface area (Å²) >= 11 is 0. The molecule has 0 bridgehead atoms. The zero-order valence-corrected chi connectivity index (χ0v) is 14.2. The molecule has 1 saturated heterocycles. The maximum Gasteiger partial charge on any atom is 0.306 e. The molecule has 0 aliphatic carbocycles. The van der Waals surface area contributed by atoms with Crippen LogP contribution < -0.4 is 4.90 Å². The number of hydrogen-bond acceptors (Lipinski definition) is 4. The third-order valence-corrected chi connectivity index (χ3v) is 4.87. The summed E-state index contributed by atoms with van der Waals surface area (Å²) in [5.41, 5.74) is 1.78. The van der Waals surface area contributed by atoms with Crippen LogP contribution in [0.4, 0.5) is 10.1 Å². The van der Waals surface area contributed by atoms with Crippen molar-refractivity contribution in [1.29, 1.82) is 0 Å². The molecule has 24 heavy (non-hydrogen) atoms. The molecular weight excluding hydrogens is 307 g/mol. The molecule has 0 amide bonds. The highest BCUT2D eigenvalue weighted by molar-refractivity contribution is 5.91. The number of pyridine rings is 1. The molecule has 4 nitrogen and oxygen atoms in total. The number of benzene rings is 1. The minimum atomic E-state index is -0.249. The van der Waals surface area contributed by atoms with Gasteiger partial charge in [-0.25, -0.2) is 4.39 Å². The molecule has 2 aromatic rings. The lowest BCUT2D eigenvalue weighted by molar-refractivity contribution is -0.146. The van der Waals surface area contributed by atoms with Gasteiger partial charge in [-0.1, -0.05) is 6.92 Å². The number of fused-ring (bicyclic) bond motifs is 1. The van der Waals surface area contributed by atoms with Gasteiger partial charge in [-0.2, -0.15) is 0 Å². The molecule has 1 aromatic carbocycles. The van der Waals surface area contributed by atoms with Crippen LogP contribution in [-0.2, 0) is 9.53 Å². The molecule has 1 aliphatic heterocycles. The first-order chi connectivity index (χ1) is 11.5. The lowest BCUT2D eigenvalue weighted by Crippen LogP contribution is -2.40. The predicted octanol–water partition coefficient (Wildman–Crippen LogP) is 3.93. The summed E-state index contributed by atoms with van der Waals surface area (Å²) in [6.45, 7) is 6.08. The Morgan fingerprint density at radius 1 is 1.33 bits per heavy atom. The summed E-state index contributed by atoms with van der Waals surface area (Å²) in [4.78, 5) is 18.4. The van der Waals surface area contributed by atoms with Crippen molar-refractivity contribution in [3.8, 4) is 0 Å². The van der Waals surface area contributed by atoms with Gasteiger partial charge in [0.25, 0.3) is 0 Å². The highest BCUT2D eigenvalue weighted by atomic mass is 19.1. The van der Waals surface area contributed by atoms with Crippen molar-refractivity contribution in [2.45, 2.75) is 33.1 Å². The molecule has 0 N–H and O–H groups in total. The van der Waals surface area contributed by atoms with Gasteiger partial charge in [-0.3, -0.25) is 9.78 Å². The third-order valence-electron chi connectivity index (χ3n) is 4.87. The van der Waals surface area contributed by atoms with Gasteiger partial charge in [-0.05, 0) is 49.4 Å². The average Bonchev–Trinajstić information content (AvgIpc) is 2.55. The number of esters is 1. The Balaban J connectivity index is 1.75. The monoisotopic (exact) mass is 330 g/mol. The van der Waals surface area contributed by atoms with Crippen LogP contribution in [0.5, 0.6) is 0 Å². The van der Waals surface area contributed by atoms with E-state index >= 15 is 0 Å². The quantitative estimate of drug-likeness (QED) is 0.797. The topological polar surface area (TPSA) is 42.4 Å². The van der Waals surface area contributed by atoms with Crippen LogP contribution in [0.25, 0.3) is 10.9 Å². The zero-order chi connectivity index (χ0) is 17.2. The van der Waals surface area contributed by atoms with Gasteiger partial charge in [0.05, 0.1) is 18.5 Å². The molecule has 0 spiro atoms. The van der Waals surface area contributed by atoms with Crippen molar-refractivity contribution in [2.75, 3.05) is 24.6 Å². The van der Waals surface area contributed by atoms with Crippen molar-refractivity contribution >= 4 is 22.6 Å². The minimum Gasteiger partial charge on any atom is -0.466 e. The van der Waals surface area contributed by atoms with Crippen molar-refractivity contribution in [3.05, 3.63) is 36.3 Å². The van der Waals surface area contributed by atoms with Crippen LogP contribution in [0, 0.1) is 11.2 Å². The molecule has 128 valence electrons. The van der Waals surface area contributed by atoms with Crippen LogP contribution in [0.1, 0.15) is 33.1 Å². The second-order valence-electron chi connectivity index (χ2n) is 6.77. The highest BCUT2D eigenvalue weighted by Gasteiger charge is 2.33. The fourth-order valence-electron chi connectivity index (χ4n) is 3.40. The molecule has 1 fully saturated rings. The number of carbonyl (C=O) groups excluding carboxylic acids is 1. The molecule has 0 saturated carbocycles. The highest BCUT2D eigenvalue weighted by Crippen LogP contribution is 2.37. The Morgan fingerprint density at radius 2 is 2.08 bits per heavy atom. The number of hydrogen-bond donors (Lipinski definition) is 0. The Hall–Kier alpha value is -2.17. The second-order valence-corrected chi connectivity index (χ2v) is 6.77. The van der Waals surface area contributed by atoms with Crippen molar-refractivity contribution < 1.29 is 13.9 Å². The van der Waals surface area contributed by atoms with E-state index in [-0.39, 0.29) is 17.2 Å².